The molecule has 1 aliphatic heterocycles. The maximum absolute atomic E-state index is 11.6. The van der Waals surface area contributed by atoms with Gasteiger partial charge in [0.25, 0.3) is 0 Å². The Balaban J connectivity index is 2.39. The van der Waals surface area contributed by atoms with Gasteiger partial charge in [-0.15, -0.1) is 0 Å². The SMILES string of the molecule is CC(C)(C)N1CCN(C(=O)CCN)CC1. The maximum atomic E-state index is 11.6. The summed E-state index contributed by atoms with van der Waals surface area (Å²) >= 11 is 0. The van der Waals surface area contributed by atoms with Crippen LogP contribution in [0.15, 0.2) is 0 Å². The largest absolute Gasteiger partial charge is 0.340 e. The lowest BCUT2D eigenvalue weighted by Crippen LogP contribution is -2.54. The highest BCUT2D eigenvalue weighted by Gasteiger charge is 2.27. The molecule has 0 aromatic carbocycles. The van der Waals surface area contributed by atoms with Crippen LogP contribution in [0.1, 0.15) is 27.2 Å². The van der Waals surface area contributed by atoms with Gasteiger partial charge in [0.2, 0.25) is 5.91 Å². The summed E-state index contributed by atoms with van der Waals surface area (Å²) < 4.78 is 0. The molecule has 1 amide bonds. The molecular formula is C11H23N3O. The molecule has 88 valence electrons. The summed E-state index contributed by atoms with van der Waals surface area (Å²) in [6.45, 7) is 10.7. The van der Waals surface area contributed by atoms with Gasteiger partial charge in [0.05, 0.1) is 0 Å². The third kappa shape index (κ3) is 3.47. The van der Waals surface area contributed by atoms with Crippen LogP contribution in [0.4, 0.5) is 0 Å². The normalized spacial score (nSPS) is 19.3. The van der Waals surface area contributed by atoms with E-state index in [1.807, 2.05) is 4.90 Å². The topological polar surface area (TPSA) is 49.6 Å². The quantitative estimate of drug-likeness (QED) is 0.716. The smallest absolute Gasteiger partial charge is 0.223 e. The van der Waals surface area contributed by atoms with Crippen LogP contribution in [0.25, 0.3) is 0 Å². The lowest BCUT2D eigenvalue weighted by atomic mass is 10.0. The van der Waals surface area contributed by atoms with Crippen LogP contribution in [-0.2, 0) is 4.79 Å². The average molecular weight is 213 g/mol. The molecule has 1 heterocycles. The third-order valence-corrected chi connectivity index (χ3v) is 2.94. The lowest BCUT2D eigenvalue weighted by molar-refractivity contribution is -0.133. The van der Waals surface area contributed by atoms with E-state index >= 15 is 0 Å². The van der Waals surface area contributed by atoms with Crippen molar-refractivity contribution in [3.8, 4) is 0 Å². The molecule has 4 heteroatoms. The molecule has 2 N–H and O–H groups in total. The van der Waals surface area contributed by atoms with E-state index in [0.29, 0.717) is 13.0 Å². The molecule has 1 aliphatic rings. The number of rotatable bonds is 2. The van der Waals surface area contributed by atoms with Gasteiger partial charge in [0.15, 0.2) is 0 Å². The highest BCUT2D eigenvalue weighted by molar-refractivity contribution is 5.76. The van der Waals surface area contributed by atoms with Gasteiger partial charge in [-0.2, -0.15) is 0 Å². The van der Waals surface area contributed by atoms with Crippen LogP contribution in [0, 0.1) is 0 Å². The van der Waals surface area contributed by atoms with Gasteiger partial charge < -0.3 is 10.6 Å². The number of nitrogens with zero attached hydrogens (tertiary/aromatic N) is 2. The van der Waals surface area contributed by atoms with E-state index in [9.17, 15) is 4.79 Å². The maximum Gasteiger partial charge on any atom is 0.223 e. The van der Waals surface area contributed by atoms with Crippen molar-refractivity contribution in [2.75, 3.05) is 32.7 Å². The molecular weight excluding hydrogens is 190 g/mol. The lowest BCUT2D eigenvalue weighted by Gasteiger charge is -2.42. The Morgan fingerprint density at radius 3 is 2.13 bits per heavy atom. The van der Waals surface area contributed by atoms with Crippen molar-refractivity contribution in [2.45, 2.75) is 32.7 Å². The predicted molar refractivity (Wildman–Crippen MR) is 61.6 cm³/mol. The Morgan fingerprint density at radius 2 is 1.73 bits per heavy atom. The minimum absolute atomic E-state index is 0.200. The molecule has 0 unspecified atom stereocenters. The van der Waals surface area contributed by atoms with E-state index < -0.39 is 0 Å². The molecule has 0 saturated carbocycles. The number of nitrogens with two attached hydrogens (primary N) is 1. The van der Waals surface area contributed by atoms with Crippen molar-refractivity contribution >= 4 is 5.91 Å². The predicted octanol–water partition coefficient (Wildman–Crippen LogP) is 0.278. The number of amides is 1. The van der Waals surface area contributed by atoms with Crippen LogP contribution in [0.3, 0.4) is 0 Å². The van der Waals surface area contributed by atoms with E-state index in [1.54, 1.807) is 0 Å². The highest BCUT2D eigenvalue weighted by atomic mass is 16.2. The zero-order valence-corrected chi connectivity index (χ0v) is 10.1. The molecule has 0 bridgehead atoms. The van der Waals surface area contributed by atoms with Crippen LogP contribution in [0.2, 0.25) is 0 Å². The number of hydrogen-bond acceptors (Lipinski definition) is 3. The first-order chi connectivity index (χ1) is 6.95. The summed E-state index contributed by atoms with van der Waals surface area (Å²) in [6.07, 6.45) is 0.482. The molecule has 0 aromatic heterocycles. The zero-order chi connectivity index (χ0) is 11.5. The second-order valence-electron chi connectivity index (χ2n) is 5.08. The summed E-state index contributed by atoms with van der Waals surface area (Å²) in [5, 5.41) is 0. The molecule has 1 fully saturated rings. The Labute approximate surface area is 92.4 Å². The van der Waals surface area contributed by atoms with Gasteiger partial charge in [0, 0.05) is 44.7 Å². The van der Waals surface area contributed by atoms with Crippen molar-refractivity contribution in [2.24, 2.45) is 5.73 Å². The van der Waals surface area contributed by atoms with Gasteiger partial charge in [-0.1, -0.05) is 0 Å². The van der Waals surface area contributed by atoms with Crippen molar-refractivity contribution in [1.29, 1.82) is 0 Å². The number of carbonyl (C=O) groups is 1. The monoisotopic (exact) mass is 213 g/mol. The van der Waals surface area contributed by atoms with Gasteiger partial charge >= 0.3 is 0 Å². The second kappa shape index (κ2) is 4.94. The number of piperazine rings is 1. The summed E-state index contributed by atoms with van der Waals surface area (Å²) in [4.78, 5) is 15.9. The van der Waals surface area contributed by atoms with E-state index in [0.717, 1.165) is 26.2 Å². The molecule has 0 atom stereocenters. The number of hydrogen-bond donors (Lipinski definition) is 1. The Kier molecular flexibility index (Phi) is 4.11. The minimum atomic E-state index is 0.200. The summed E-state index contributed by atoms with van der Waals surface area (Å²) in [7, 11) is 0. The van der Waals surface area contributed by atoms with Crippen molar-refractivity contribution < 1.29 is 4.79 Å². The fourth-order valence-electron chi connectivity index (χ4n) is 1.91. The van der Waals surface area contributed by atoms with Crippen LogP contribution >= 0.6 is 0 Å². The van der Waals surface area contributed by atoms with Crippen molar-refractivity contribution in [1.82, 2.24) is 9.80 Å². The molecule has 0 aromatic rings. The minimum Gasteiger partial charge on any atom is -0.340 e. The molecule has 1 saturated heterocycles. The highest BCUT2D eigenvalue weighted by Crippen LogP contribution is 2.15. The van der Waals surface area contributed by atoms with Crippen LogP contribution in [0.5, 0.6) is 0 Å². The second-order valence-corrected chi connectivity index (χ2v) is 5.08. The van der Waals surface area contributed by atoms with E-state index in [4.69, 9.17) is 5.73 Å². The van der Waals surface area contributed by atoms with Crippen LogP contribution < -0.4 is 5.73 Å². The van der Waals surface area contributed by atoms with Crippen molar-refractivity contribution in [3.05, 3.63) is 0 Å². The Bertz CT molecular complexity index is 214. The standard InChI is InChI=1S/C11H23N3O/c1-11(2,3)14-8-6-13(7-9-14)10(15)4-5-12/h4-9,12H2,1-3H3. The summed E-state index contributed by atoms with van der Waals surface area (Å²) in [6, 6.07) is 0. The first kappa shape index (κ1) is 12.5. The summed E-state index contributed by atoms with van der Waals surface area (Å²) in [5.41, 5.74) is 5.59. The third-order valence-electron chi connectivity index (χ3n) is 2.94. The molecule has 0 radical (unpaired) electrons. The fraction of sp³-hybridized carbons (Fsp3) is 0.909. The summed E-state index contributed by atoms with van der Waals surface area (Å²) in [5.74, 6) is 0.200. The van der Waals surface area contributed by atoms with Gasteiger partial charge in [-0.3, -0.25) is 9.69 Å². The Hall–Kier alpha value is -0.610. The van der Waals surface area contributed by atoms with E-state index in [2.05, 4.69) is 25.7 Å². The molecule has 4 nitrogen and oxygen atoms in total. The molecule has 0 aliphatic carbocycles. The average Bonchev–Trinajstić information content (AvgIpc) is 2.17. The molecule has 0 spiro atoms. The Morgan fingerprint density at radius 1 is 1.20 bits per heavy atom. The van der Waals surface area contributed by atoms with E-state index in [-0.39, 0.29) is 11.4 Å². The van der Waals surface area contributed by atoms with Crippen LogP contribution in [-0.4, -0.2) is 54.0 Å². The van der Waals surface area contributed by atoms with E-state index in [1.165, 1.54) is 0 Å². The zero-order valence-electron chi connectivity index (χ0n) is 10.1. The molecule has 15 heavy (non-hydrogen) atoms. The first-order valence-electron chi connectivity index (χ1n) is 5.68. The first-order valence-corrected chi connectivity index (χ1v) is 5.68. The van der Waals surface area contributed by atoms with Gasteiger partial charge in [-0.25, -0.2) is 0 Å². The van der Waals surface area contributed by atoms with Crippen molar-refractivity contribution in [3.63, 3.8) is 0 Å². The van der Waals surface area contributed by atoms with Gasteiger partial charge in [-0.05, 0) is 20.8 Å². The molecule has 1 rings (SSSR count). The number of carbonyl (C=O) groups excluding carboxylic acids is 1. The van der Waals surface area contributed by atoms with Gasteiger partial charge in [0.1, 0.15) is 0 Å². The fourth-order valence-corrected chi connectivity index (χ4v) is 1.91.